The predicted molar refractivity (Wildman–Crippen MR) is 94.9 cm³/mol. The molecule has 0 heterocycles. The molecule has 0 spiro atoms. The number of benzene rings is 1. The number of ether oxygens (including phenoxy) is 3. The van der Waals surface area contributed by atoms with E-state index >= 15 is 0 Å². The van der Waals surface area contributed by atoms with Gasteiger partial charge in [-0.15, -0.1) is 0 Å². The van der Waals surface area contributed by atoms with Crippen molar-refractivity contribution in [2.75, 3.05) is 13.2 Å². The third kappa shape index (κ3) is 6.55. The fourth-order valence-electron chi connectivity index (χ4n) is 2.45. The molecular weight excluding hydrogens is 336 g/mol. The Kier molecular flexibility index (Phi) is 7.61. The van der Waals surface area contributed by atoms with Crippen LogP contribution in [0.2, 0.25) is 0 Å². The first kappa shape index (κ1) is 19.4. The smallest absolute Gasteiger partial charge is 0.330 e. The molecule has 0 aliphatic heterocycles. The lowest BCUT2D eigenvalue weighted by Crippen LogP contribution is -2.14. The van der Waals surface area contributed by atoms with Crippen molar-refractivity contribution in [3.63, 3.8) is 0 Å². The van der Waals surface area contributed by atoms with Crippen molar-refractivity contribution in [2.45, 2.75) is 32.3 Å². The van der Waals surface area contributed by atoms with E-state index in [-0.39, 0.29) is 32.7 Å². The van der Waals surface area contributed by atoms with Gasteiger partial charge in [0.2, 0.25) is 0 Å². The van der Waals surface area contributed by atoms with E-state index in [9.17, 15) is 14.4 Å². The van der Waals surface area contributed by atoms with Crippen LogP contribution in [0.5, 0.6) is 0 Å². The zero-order valence-corrected chi connectivity index (χ0v) is 14.6. The van der Waals surface area contributed by atoms with Crippen molar-refractivity contribution >= 4 is 24.0 Å². The molecule has 6 heteroatoms. The molecule has 0 radical (unpaired) electrons. The molecule has 0 aromatic heterocycles. The maximum Gasteiger partial charge on any atom is 0.330 e. The van der Waals surface area contributed by atoms with Gasteiger partial charge >= 0.3 is 17.9 Å². The number of rotatable bonds is 9. The average molecular weight is 358 g/mol. The van der Waals surface area contributed by atoms with Gasteiger partial charge in [-0.2, -0.15) is 0 Å². The summed E-state index contributed by atoms with van der Waals surface area (Å²) in [6.45, 7) is 3.32. The molecule has 0 N–H and O–H groups in total. The summed E-state index contributed by atoms with van der Waals surface area (Å²) in [6, 6.07) is 6.00. The van der Waals surface area contributed by atoms with E-state index in [1.54, 1.807) is 0 Å². The summed E-state index contributed by atoms with van der Waals surface area (Å²) in [6.07, 6.45) is 7.13. The summed E-state index contributed by atoms with van der Waals surface area (Å²) in [5.41, 5.74) is 3.38. The summed E-state index contributed by atoms with van der Waals surface area (Å²) in [7, 11) is 0. The van der Waals surface area contributed by atoms with Gasteiger partial charge in [-0.1, -0.05) is 36.9 Å². The van der Waals surface area contributed by atoms with Gasteiger partial charge < -0.3 is 14.2 Å². The van der Waals surface area contributed by atoms with E-state index in [0.29, 0.717) is 0 Å². The van der Waals surface area contributed by atoms with Gasteiger partial charge in [-0.3, -0.25) is 9.59 Å². The zero-order valence-electron chi connectivity index (χ0n) is 14.6. The number of carbonyl (C=O) groups excluding carboxylic acids is 3. The molecule has 0 saturated carbocycles. The van der Waals surface area contributed by atoms with Crippen LogP contribution in [0.15, 0.2) is 36.9 Å². The van der Waals surface area contributed by atoms with Gasteiger partial charge in [0, 0.05) is 6.08 Å². The Bertz CT molecular complexity index is 704. The van der Waals surface area contributed by atoms with Crippen LogP contribution >= 0.6 is 0 Å². The summed E-state index contributed by atoms with van der Waals surface area (Å²) >= 11 is 0. The topological polar surface area (TPSA) is 78.9 Å². The number of esters is 3. The lowest BCUT2D eigenvalue weighted by atomic mass is 9.96. The van der Waals surface area contributed by atoms with Crippen molar-refractivity contribution < 1.29 is 28.6 Å². The molecule has 1 aromatic rings. The molecule has 0 bridgehead atoms. The molecule has 2 rings (SSSR count). The fraction of sp³-hybridized carbons (Fsp3) is 0.350. The molecule has 6 nitrogen and oxygen atoms in total. The molecular formula is C20H22O6. The van der Waals surface area contributed by atoms with Crippen molar-refractivity contribution in [1.29, 1.82) is 0 Å². The van der Waals surface area contributed by atoms with Crippen LogP contribution in [0.1, 0.15) is 36.0 Å². The molecule has 1 aromatic carbocycles. The summed E-state index contributed by atoms with van der Waals surface area (Å²) in [4.78, 5) is 34.0. The minimum atomic E-state index is -0.581. The highest BCUT2D eigenvalue weighted by Crippen LogP contribution is 2.20. The predicted octanol–water partition coefficient (Wildman–Crippen LogP) is 2.74. The van der Waals surface area contributed by atoms with E-state index in [4.69, 9.17) is 9.47 Å². The highest BCUT2D eigenvalue weighted by molar-refractivity contribution is 5.81. The Morgan fingerprint density at radius 2 is 1.77 bits per heavy atom. The van der Waals surface area contributed by atoms with Gasteiger partial charge in [0.1, 0.15) is 19.8 Å². The Hall–Kier alpha value is -2.89. The van der Waals surface area contributed by atoms with E-state index in [2.05, 4.69) is 23.5 Å². The largest absolute Gasteiger partial charge is 0.462 e. The molecule has 0 saturated heterocycles. The fourth-order valence-corrected chi connectivity index (χ4v) is 2.45. The monoisotopic (exact) mass is 358 g/mol. The van der Waals surface area contributed by atoms with Crippen LogP contribution < -0.4 is 0 Å². The minimum Gasteiger partial charge on any atom is -0.462 e. The number of hydrogen-bond acceptors (Lipinski definition) is 6. The summed E-state index contributed by atoms with van der Waals surface area (Å²) in [5.74, 6) is -1.59. The highest BCUT2D eigenvalue weighted by atomic mass is 16.6. The van der Waals surface area contributed by atoms with Crippen LogP contribution in [0.25, 0.3) is 6.08 Å². The molecule has 138 valence electrons. The average Bonchev–Trinajstić information content (AvgIpc) is 2.67. The number of carbonyl (C=O) groups is 3. The number of allylic oxidation sites excluding steroid dienone is 1. The Morgan fingerprint density at radius 3 is 2.54 bits per heavy atom. The third-order valence-corrected chi connectivity index (χ3v) is 3.78. The number of aryl methyl sites for hydroxylation is 1. The normalized spacial score (nSPS) is 12.0. The van der Waals surface area contributed by atoms with Crippen LogP contribution in [-0.2, 0) is 41.6 Å². The van der Waals surface area contributed by atoms with Crippen molar-refractivity contribution in [1.82, 2.24) is 0 Å². The Labute approximate surface area is 152 Å². The first-order chi connectivity index (χ1) is 12.6. The summed E-state index contributed by atoms with van der Waals surface area (Å²) in [5, 5.41) is 0. The lowest BCUT2D eigenvalue weighted by Gasteiger charge is -2.12. The number of hydrogen-bond donors (Lipinski definition) is 0. The highest BCUT2D eigenvalue weighted by Gasteiger charge is 2.11. The van der Waals surface area contributed by atoms with Crippen molar-refractivity contribution in [3.05, 3.63) is 53.6 Å². The Balaban J connectivity index is 1.63. The third-order valence-electron chi connectivity index (χ3n) is 3.78. The molecule has 26 heavy (non-hydrogen) atoms. The number of fused-ring (bicyclic) bond motifs is 1. The molecule has 0 atom stereocenters. The SMILES string of the molecule is C=CC(=O)OCCOC(=O)CCC(=O)OCc1ccc2c(c1)CCC=C2. The van der Waals surface area contributed by atoms with Gasteiger partial charge in [-0.25, -0.2) is 4.79 Å². The maximum absolute atomic E-state index is 11.7. The van der Waals surface area contributed by atoms with Crippen LogP contribution in [0.3, 0.4) is 0 Å². The maximum atomic E-state index is 11.7. The van der Waals surface area contributed by atoms with Crippen molar-refractivity contribution in [2.24, 2.45) is 0 Å². The van der Waals surface area contributed by atoms with Crippen LogP contribution in [0, 0.1) is 0 Å². The van der Waals surface area contributed by atoms with Crippen LogP contribution in [-0.4, -0.2) is 31.1 Å². The second-order valence-corrected chi connectivity index (χ2v) is 5.73. The zero-order chi connectivity index (χ0) is 18.8. The van der Waals surface area contributed by atoms with Crippen LogP contribution in [0.4, 0.5) is 0 Å². The van der Waals surface area contributed by atoms with E-state index in [1.807, 2.05) is 18.2 Å². The van der Waals surface area contributed by atoms with E-state index in [1.165, 1.54) is 11.1 Å². The van der Waals surface area contributed by atoms with Crippen molar-refractivity contribution in [3.8, 4) is 0 Å². The molecule has 1 aliphatic carbocycles. The lowest BCUT2D eigenvalue weighted by molar-refractivity contribution is -0.153. The quantitative estimate of drug-likeness (QED) is 0.292. The van der Waals surface area contributed by atoms with E-state index < -0.39 is 17.9 Å². The second kappa shape index (κ2) is 10.2. The first-order valence-electron chi connectivity index (χ1n) is 8.47. The molecule has 0 fully saturated rings. The molecule has 0 amide bonds. The molecule has 1 aliphatic rings. The second-order valence-electron chi connectivity index (χ2n) is 5.73. The van der Waals surface area contributed by atoms with Gasteiger partial charge in [0.15, 0.2) is 0 Å². The molecule has 0 unspecified atom stereocenters. The minimum absolute atomic E-state index is 0.0471. The Morgan fingerprint density at radius 1 is 1.04 bits per heavy atom. The standard InChI is InChI=1S/C20H22O6/c1-2-18(21)24-11-12-25-19(22)9-10-20(23)26-14-15-7-8-16-5-3-4-6-17(16)13-15/h2-3,5,7-8,13H,1,4,6,9-12,14H2. The van der Waals surface area contributed by atoms with E-state index in [0.717, 1.165) is 24.5 Å². The van der Waals surface area contributed by atoms with Gasteiger partial charge in [-0.05, 0) is 29.5 Å². The summed E-state index contributed by atoms with van der Waals surface area (Å²) < 4.78 is 14.7. The first-order valence-corrected chi connectivity index (χ1v) is 8.47. The van der Waals surface area contributed by atoms with Gasteiger partial charge in [0.25, 0.3) is 0 Å². The van der Waals surface area contributed by atoms with Gasteiger partial charge in [0.05, 0.1) is 12.8 Å².